The maximum absolute atomic E-state index is 5.93. The molecule has 4 aromatic rings. The lowest BCUT2D eigenvalue weighted by Gasteiger charge is -2.14. The van der Waals surface area contributed by atoms with Crippen LogP contribution >= 0.6 is 0 Å². The zero-order valence-electron chi connectivity index (χ0n) is 15.1. The SMILES string of the molecule is C#Cc1cccc2c(/C=C/c3ccncc3)c3cccc(C#C)c3c(C#C)c12. The molecule has 0 fully saturated rings. The Morgan fingerprint density at radius 3 is 1.75 bits per heavy atom. The van der Waals surface area contributed by atoms with Gasteiger partial charge in [0.15, 0.2) is 0 Å². The summed E-state index contributed by atoms with van der Waals surface area (Å²) in [5.41, 5.74) is 4.36. The summed E-state index contributed by atoms with van der Waals surface area (Å²) in [6.07, 6.45) is 25.2. The Morgan fingerprint density at radius 1 is 0.679 bits per heavy atom. The van der Waals surface area contributed by atoms with E-state index >= 15 is 0 Å². The average molecular weight is 353 g/mol. The fraction of sp³-hybridized carbons (Fsp3) is 0. The molecule has 128 valence electrons. The summed E-state index contributed by atoms with van der Waals surface area (Å²) in [4.78, 5) is 4.07. The average Bonchev–Trinajstić information content (AvgIpc) is 2.76. The van der Waals surface area contributed by atoms with Crippen molar-refractivity contribution in [2.75, 3.05) is 0 Å². The van der Waals surface area contributed by atoms with Crippen molar-refractivity contribution in [3.05, 3.63) is 88.7 Å². The van der Waals surface area contributed by atoms with E-state index in [4.69, 9.17) is 19.3 Å². The van der Waals surface area contributed by atoms with Crippen LogP contribution in [0.2, 0.25) is 0 Å². The molecule has 0 amide bonds. The van der Waals surface area contributed by atoms with Crippen LogP contribution in [0.3, 0.4) is 0 Å². The molecule has 1 heteroatoms. The molecule has 0 bridgehead atoms. The maximum Gasteiger partial charge on any atom is 0.0425 e. The third kappa shape index (κ3) is 2.71. The van der Waals surface area contributed by atoms with E-state index in [0.29, 0.717) is 0 Å². The molecule has 0 unspecified atom stereocenters. The summed E-state index contributed by atoms with van der Waals surface area (Å²) in [6, 6.07) is 15.7. The van der Waals surface area contributed by atoms with E-state index in [1.54, 1.807) is 12.4 Å². The van der Waals surface area contributed by atoms with Gasteiger partial charge in [0.25, 0.3) is 0 Å². The highest BCUT2D eigenvalue weighted by Crippen LogP contribution is 2.37. The fourth-order valence-electron chi connectivity index (χ4n) is 3.58. The first-order valence-electron chi connectivity index (χ1n) is 8.78. The van der Waals surface area contributed by atoms with Crippen LogP contribution in [0.5, 0.6) is 0 Å². The number of benzene rings is 3. The summed E-state index contributed by atoms with van der Waals surface area (Å²) >= 11 is 0. The third-order valence-corrected chi connectivity index (χ3v) is 4.81. The minimum Gasteiger partial charge on any atom is -0.265 e. The highest BCUT2D eigenvalue weighted by atomic mass is 14.6. The van der Waals surface area contributed by atoms with Gasteiger partial charge in [-0.1, -0.05) is 54.2 Å². The Hall–Kier alpha value is -4.25. The Kier molecular flexibility index (Phi) is 4.40. The number of pyridine rings is 1. The number of hydrogen-bond acceptors (Lipinski definition) is 1. The summed E-state index contributed by atoms with van der Waals surface area (Å²) in [7, 11) is 0. The fourth-order valence-corrected chi connectivity index (χ4v) is 3.58. The zero-order valence-corrected chi connectivity index (χ0v) is 15.1. The van der Waals surface area contributed by atoms with Crippen molar-refractivity contribution in [2.45, 2.75) is 0 Å². The summed E-state index contributed by atoms with van der Waals surface area (Å²) in [6.45, 7) is 0. The summed E-state index contributed by atoms with van der Waals surface area (Å²) < 4.78 is 0. The Labute approximate surface area is 164 Å². The number of nitrogens with zero attached hydrogens (tertiary/aromatic N) is 1. The molecule has 4 rings (SSSR count). The Morgan fingerprint density at radius 2 is 1.25 bits per heavy atom. The van der Waals surface area contributed by atoms with Gasteiger partial charge in [0.1, 0.15) is 0 Å². The molecule has 0 N–H and O–H groups in total. The molecule has 1 heterocycles. The minimum atomic E-state index is 0.744. The lowest BCUT2D eigenvalue weighted by Crippen LogP contribution is -1.94. The van der Waals surface area contributed by atoms with Crippen LogP contribution < -0.4 is 0 Å². The largest absolute Gasteiger partial charge is 0.265 e. The smallest absolute Gasteiger partial charge is 0.0425 e. The number of terminal acetylenes is 3. The van der Waals surface area contributed by atoms with E-state index in [2.05, 4.69) is 34.9 Å². The van der Waals surface area contributed by atoms with Crippen LogP contribution in [-0.2, 0) is 0 Å². The minimum absolute atomic E-state index is 0.744. The summed E-state index contributed by atoms with van der Waals surface area (Å²) in [5, 5.41) is 3.79. The number of aromatic nitrogens is 1. The second-order valence-electron chi connectivity index (χ2n) is 6.29. The third-order valence-electron chi connectivity index (χ3n) is 4.81. The van der Waals surface area contributed by atoms with Gasteiger partial charge in [-0.05, 0) is 46.2 Å². The van der Waals surface area contributed by atoms with Crippen LogP contribution in [0.1, 0.15) is 27.8 Å². The van der Waals surface area contributed by atoms with Crippen molar-refractivity contribution in [3.8, 4) is 37.0 Å². The predicted octanol–water partition coefficient (Wildman–Crippen LogP) is 5.50. The van der Waals surface area contributed by atoms with Gasteiger partial charge in [-0.25, -0.2) is 0 Å². The number of rotatable bonds is 2. The van der Waals surface area contributed by atoms with Crippen LogP contribution in [0, 0.1) is 37.0 Å². The second-order valence-corrected chi connectivity index (χ2v) is 6.29. The molecule has 0 saturated heterocycles. The number of fused-ring (bicyclic) bond motifs is 2. The van der Waals surface area contributed by atoms with E-state index < -0.39 is 0 Å². The molecule has 0 aliphatic heterocycles. The molecule has 3 aromatic carbocycles. The molecule has 0 aliphatic carbocycles. The van der Waals surface area contributed by atoms with Crippen molar-refractivity contribution in [3.63, 3.8) is 0 Å². The van der Waals surface area contributed by atoms with Crippen molar-refractivity contribution in [1.29, 1.82) is 0 Å². The number of hydrogen-bond donors (Lipinski definition) is 0. The van der Waals surface area contributed by atoms with Crippen LogP contribution in [0.15, 0.2) is 60.9 Å². The van der Waals surface area contributed by atoms with Crippen molar-refractivity contribution in [2.24, 2.45) is 0 Å². The first kappa shape index (κ1) is 17.2. The molecule has 0 radical (unpaired) electrons. The molecular formula is C27H15N. The van der Waals surface area contributed by atoms with Crippen LogP contribution in [0.25, 0.3) is 33.7 Å². The monoisotopic (exact) mass is 353 g/mol. The van der Waals surface area contributed by atoms with Crippen LogP contribution in [-0.4, -0.2) is 4.98 Å². The van der Waals surface area contributed by atoms with E-state index in [1.807, 2.05) is 48.5 Å². The normalized spacial score (nSPS) is 10.6. The van der Waals surface area contributed by atoms with Gasteiger partial charge in [0.2, 0.25) is 0 Å². The first-order chi connectivity index (χ1) is 13.8. The second kappa shape index (κ2) is 7.17. The van der Waals surface area contributed by atoms with Gasteiger partial charge in [-0.3, -0.25) is 4.98 Å². The van der Waals surface area contributed by atoms with Gasteiger partial charge < -0.3 is 0 Å². The molecule has 0 saturated carbocycles. The Bertz CT molecular complexity index is 1290. The van der Waals surface area contributed by atoms with Gasteiger partial charge in [-0.15, -0.1) is 19.3 Å². The van der Waals surface area contributed by atoms with Gasteiger partial charge in [0, 0.05) is 39.9 Å². The molecule has 0 aliphatic rings. The predicted molar refractivity (Wildman–Crippen MR) is 118 cm³/mol. The Balaban J connectivity index is 2.20. The molecule has 28 heavy (non-hydrogen) atoms. The lowest BCUT2D eigenvalue weighted by molar-refractivity contribution is 1.32. The quantitative estimate of drug-likeness (QED) is 0.342. The maximum atomic E-state index is 5.93. The van der Waals surface area contributed by atoms with E-state index in [0.717, 1.165) is 49.4 Å². The van der Waals surface area contributed by atoms with Gasteiger partial charge in [-0.2, -0.15) is 0 Å². The van der Waals surface area contributed by atoms with E-state index in [9.17, 15) is 0 Å². The molecule has 1 nitrogen and oxygen atoms in total. The van der Waals surface area contributed by atoms with E-state index in [-0.39, 0.29) is 0 Å². The van der Waals surface area contributed by atoms with Crippen molar-refractivity contribution >= 4 is 33.7 Å². The van der Waals surface area contributed by atoms with Crippen molar-refractivity contribution in [1.82, 2.24) is 4.98 Å². The zero-order chi connectivity index (χ0) is 19.5. The van der Waals surface area contributed by atoms with Crippen molar-refractivity contribution < 1.29 is 0 Å². The lowest BCUT2D eigenvalue weighted by atomic mass is 9.87. The highest BCUT2D eigenvalue weighted by Gasteiger charge is 2.15. The first-order valence-corrected chi connectivity index (χ1v) is 8.78. The molecule has 0 spiro atoms. The molecule has 1 aromatic heterocycles. The molecule has 0 atom stereocenters. The van der Waals surface area contributed by atoms with Gasteiger partial charge in [0.05, 0.1) is 0 Å². The highest BCUT2D eigenvalue weighted by molar-refractivity contribution is 6.15. The topological polar surface area (TPSA) is 12.9 Å². The van der Waals surface area contributed by atoms with E-state index in [1.165, 1.54) is 0 Å². The van der Waals surface area contributed by atoms with Gasteiger partial charge >= 0.3 is 0 Å². The van der Waals surface area contributed by atoms with Crippen LogP contribution in [0.4, 0.5) is 0 Å². The molecular weight excluding hydrogens is 338 g/mol. The standard InChI is InChI=1S/C27H15N/c1-4-20-9-7-11-24-23(14-13-19-15-17-28-18-16-19)25-12-8-10-21(5-2)27(25)22(6-3)26(20)24/h1-3,7-18H/b14-13+. The summed E-state index contributed by atoms with van der Waals surface area (Å²) in [5.74, 6) is 8.38.